The van der Waals surface area contributed by atoms with E-state index in [1.54, 1.807) is 7.11 Å². The van der Waals surface area contributed by atoms with Gasteiger partial charge in [-0.15, -0.1) is 0 Å². The standard InChI is InChI=1S/C16H24N4OS/c1-3-10-20-11-8-13(9-12-20)18-19-16(22)17-14-6-4-5-7-15(14)21-2/h4-7H,3,8-12H2,1-2H3,(H2,17,19,22). The summed E-state index contributed by atoms with van der Waals surface area (Å²) < 4.78 is 5.28. The molecular weight excluding hydrogens is 296 g/mol. The van der Waals surface area contributed by atoms with Gasteiger partial charge in [0, 0.05) is 31.6 Å². The molecule has 0 saturated carbocycles. The van der Waals surface area contributed by atoms with Crippen molar-refractivity contribution in [2.45, 2.75) is 26.2 Å². The normalized spacial score (nSPS) is 15.3. The molecule has 1 aromatic rings. The Morgan fingerprint density at radius 2 is 2.05 bits per heavy atom. The van der Waals surface area contributed by atoms with Gasteiger partial charge in [0.15, 0.2) is 5.11 Å². The summed E-state index contributed by atoms with van der Waals surface area (Å²) in [4.78, 5) is 2.48. The molecule has 1 aliphatic rings. The van der Waals surface area contributed by atoms with Crippen molar-refractivity contribution in [2.75, 3.05) is 32.1 Å². The van der Waals surface area contributed by atoms with Gasteiger partial charge in [-0.05, 0) is 37.3 Å². The molecule has 2 N–H and O–H groups in total. The molecule has 0 aromatic heterocycles. The van der Waals surface area contributed by atoms with E-state index in [-0.39, 0.29) is 0 Å². The zero-order valence-corrected chi connectivity index (χ0v) is 14.1. The zero-order valence-electron chi connectivity index (χ0n) is 13.3. The molecule has 2 rings (SSSR count). The van der Waals surface area contributed by atoms with Gasteiger partial charge in [-0.3, -0.25) is 5.43 Å². The third-order valence-corrected chi connectivity index (χ3v) is 3.84. The number of nitrogens with zero attached hydrogens (tertiary/aromatic N) is 2. The van der Waals surface area contributed by atoms with E-state index in [1.165, 1.54) is 18.7 Å². The molecule has 1 aliphatic heterocycles. The Labute approximate surface area is 137 Å². The van der Waals surface area contributed by atoms with Gasteiger partial charge in [-0.2, -0.15) is 5.10 Å². The minimum absolute atomic E-state index is 0.480. The number of ether oxygens (including phenoxy) is 1. The van der Waals surface area contributed by atoms with Crippen LogP contribution in [0.5, 0.6) is 5.75 Å². The van der Waals surface area contributed by atoms with Gasteiger partial charge in [-0.25, -0.2) is 0 Å². The van der Waals surface area contributed by atoms with Crippen LogP contribution in [-0.2, 0) is 0 Å². The van der Waals surface area contributed by atoms with Crippen LogP contribution < -0.4 is 15.5 Å². The quantitative estimate of drug-likeness (QED) is 0.645. The van der Waals surface area contributed by atoms with Crippen molar-refractivity contribution < 1.29 is 4.74 Å². The summed E-state index contributed by atoms with van der Waals surface area (Å²) in [6.07, 6.45) is 3.21. The van der Waals surface area contributed by atoms with Gasteiger partial charge in [-0.1, -0.05) is 19.1 Å². The maximum absolute atomic E-state index is 5.28. The Bertz CT molecular complexity index is 523. The number of anilines is 1. The summed E-state index contributed by atoms with van der Waals surface area (Å²) in [6, 6.07) is 7.66. The second-order valence-electron chi connectivity index (χ2n) is 5.29. The van der Waals surface area contributed by atoms with Crippen molar-refractivity contribution in [1.29, 1.82) is 0 Å². The third-order valence-electron chi connectivity index (χ3n) is 3.64. The fraction of sp³-hybridized carbons (Fsp3) is 0.500. The molecule has 0 bridgehead atoms. The van der Waals surface area contributed by atoms with Gasteiger partial charge in [0.1, 0.15) is 5.75 Å². The van der Waals surface area contributed by atoms with Crippen LogP contribution in [-0.4, -0.2) is 42.5 Å². The number of nitrogens with one attached hydrogen (secondary N) is 2. The SMILES string of the molecule is CCCN1CCC(=NNC(=S)Nc2ccccc2OC)CC1. The van der Waals surface area contributed by atoms with Crippen LogP contribution in [0.15, 0.2) is 29.4 Å². The molecule has 0 aliphatic carbocycles. The molecule has 1 aromatic carbocycles. The number of hydrogen-bond acceptors (Lipinski definition) is 4. The van der Waals surface area contributed by atoms with Crippen LogP contribution >= 0.6 is 12.2 Å². The number of rotatable bonds is 5. The van der Waals surface area contributed by atoms with Crippen molar-refractivity contribution >= 4 is 28.7 Å². The van der Waals surface area contributed by atoms with Crippen LogP contribution in [0.3, 0.4) is 0 Å². The predicted molar refractivity (Wildman–Crippen MR) is 95.8 cm³/mol. The molecular formula is C16H24N4OS. The molecule has 0 atom stereocenters. The first-order valence-electron chi connectivity index (χ1n) is 7.70. The van der Waals surface area contributed by atoms with Crippen LogP contribution in [0.4, 0.5) is 5.69 Å². The van der Waals surface area contributed by atoms with Gasteiger partial charge in [0.05, 0.1) is 12.8 Å². The lowest BCUT2D eigenvalue weighted by Crippen LogP contribution is -2.35. The second kappa shape index (κ2) is 8.70. The summed E-state index contributed by atoms with van der Waals surface area (Å²) >= 11 is 5.28. The Morgan fingerprint density at radius 1 is 1.32 bits per heavy atom. The summed E-state index contributed by atoms with van der Waals surface area (Å²) in [5, 5.41) is 8.01. The number of methoxy groups -OCH3 is 1. The van der Waals surface area contributed by atoms with Gasteiger partial charge in [0.25, 0.3) is 0 Å². The average Bonchev–Trinajstić information content (AvgIpc) is 2.55. The number of piperidine rings is 1. The highest BCUT2D eigenvalue weighted by atomic mass is 32.1. The molecule has 1 heterocycles. The van der Waals surface area contributed by atoms with Crippen molar-refractivity contribution in [2.24, 2.45) is 5.10 Å². The molecule has 0 amide bonds. The van der Waals surface area contributed by atoms with E-state index in [0.29, 0.717) is 5.11 Å². The van der Waals surface area contributed by atoms with E-state index in [4.69, 9.17) is 17.0 Å². The molecule has 6 heteroatoms. The lowest BCUT2D eigenvalue weighted by Gasteiger charge is -2.26. The van der Waals surface area contributed by atoms with Crippen molar-refractivity contribution in [3.8, 4) is 5.75 Å². The monoisotopic (exact) mass is 320 g/mol. The predicted octanol–water partition coefficient (Wildman–Crippen LogP) is 2.84. The number of hydrogen-bond donors (Lipinski definition) is 2. The van der Waals surface area contributed by atoms with Gasteiger partial charge >= 0.3 is 0 Å². The molecule has 0 spiro atoms. The number of hydrazone groups is 1. The summed E-state index contributed by atoms with van der Waals surface area (Å²) in [5.41, 5.74) is 4.94. The van der Waals surface area contributed by atoms with E-state index >= 15 is 0 Å². The van der Waals surface area contributed by atoms with Crippen molar-refractivity contribution in [1.82, 2.24) is 10.3 Å². The van der Waals surface area contributed by atoms with E-state index in [9.17, 15) is 0 Å². The average molecular weight is 320 g/mol. The Kier molecular flexibility index (Phi) is 6.61. The summed E-state index contributed by atoms with van der Waals surface area (Å²) in [7, 11) is 1.64. The van der Waals surface area contributed by atoms with Crippen LogP contribution in [0.1, 0.15) is 26.2 Å². The first-order valence-corrected chi connectivity index (χ1v) is 8.11. The van der Waals surface area contributed by atoms with Crippen LogP contribution in [0.25, 0.3) is 0 Å². The lowest BCUT2D eigenvalue weighted by atomic mass is 10.1. The molecule has 5 nitrogen and oxygen atoms in total. The number of para-hydroxylation sites is 2. The zero-order chi connectivity index (χ0) is 15.8. The van der Waals surface area contributed by atoms with Crippen molar-refractivity contribution in [3.63, 3.8) is 0 Å². The molecule has 22 heavy (non-hydrogen) atoms. The van der Waals surface area contributed by atoms with Gasteiger partial charge < -0.3 is 15.0 Å². The van der Waals surface area contributed by atoms with Crippen LogP contribution in [0.2, 0.25) is 0 Å². The number of benzene rings is 1. The molecule has 1 fully saturated rings. The van der Waals surface area contributed by atoms with Crippen molar-refractivity contribution in [3.05, 3.63) is 24.3 Å². The Balaban J connectivity index is 1.82. The van der Waals surface area contributed by atoms with E-state index in [0.717, 1.165) is 37.4 Å². The second-order valence-corrected chi connectivity index (χ2v) is 5.69. The number of likely N-dealkylation sites (tertiary alicyclic amines) is 1. The highest BCUT2D eigenvalue weighted by Crippen LogP contribution is 2.22. The van der Waals surface area contributed by atoms with E-state index in [1.807, 2.05) is 24.3 Å². The van der Waals surface area contributed by atoms with E-state index in [2.05, 4.69) is 27.7 Å². The third kappa shape index (κ3) is 4.96. The van der Waals surface area contributed by atoms with Crippen LogP contribution in [0, 0.1) is 0 Å². The summed E-state index contributed by atoms with van der Waals surface area (Å²) in [5.74, 6) is 0.757. The highest BCUT2D eigenvalue weighted by Gasteiger charge is 2.14. The largest absolute Gasteiger partial charge is 0.495 e. The molecule has 120 valence electrons. The number of thiocarbonyl (C=S) groups is 1. The molecule has 0 radical (unpaired) electrons. The van der Waals surface area contributed by atoms with Gasteiger partial charge in [0.2, 0.25) is 0 Å². The first-order chi connectivity index (χ1) is 10.7. The van der Waals surface area contributed by atoms with E-state index < -0.39 is 0 Å². The minimum Gasteiger partial charge on any atom is -0.495 e. The Hall–Kier alpha value is -1.66. The topological polar surface area (TPSA) is 48.9 Å². The molecule has 1 saturated heterocycles. The summed E-state index contributed by atoms with van der Waals surface area (Å²) in [6.45, 7) is 5.56. The maximum Gasteiger partial charge on any atom is 0.191 e. The minimum atomic E-state index is 0.480. The first kappa shape index (κ1) is 16.7. The lowest BCUT2D eigenvalue weighted by molar-refractivity contribution is 0.275. The molecule has 0 unspecified atom stereocenters. The Morgan fingerprint density at radius 3 is 2.73 bits per heavy atom. The smallest absolute Gasteiger partial charge is 0.191 e. The maximum atomic E-state index is 5.28. The fourth-order valence-electron chi connectivity index (χ4n) is 2.49. The highest BCUT2D eigenvalue weighted by molar-refractivity contribution is 7.80. The fourth-order valence-corrected chi connectivity index (χ4v) is 2.65.